The van der Waals surface area contributed by atoms with Gasteiger partial charge in [-0.05, 0) is 36.5 Å². The molecule has 1 amide bonds. The van der Waals surface area contributed by atoms with Gasteiger partial charge in [-0.3, -0.25) is 4.90 Å². The molecule has 0 aromatic heterocycles. The lowest BCUT2D eigenvalue weighted by Gasteiger charge is -2.28. The summed E-state index contributed by atoms with van der Waals surface area (Å²) in [6, 6.07) is 8.09. The Labute approximate surface area is 145 Å². The number of ether oxygens (including phenoxy) is 1. The van der Waals surface area contributed by atoms with Gasteiger partial charge in [0.15, 0.2) is 5.11 Å². The first-order chi connectivity index (χ1) is 11.1. The van der Waals surface area contributed by atoms with Gasteiger partial charge < -0.3 is 20.7 Å². The number of amides is 1. The lowest BCUT2D eigenvalue weighted by Crippen LogP contribution is -2.37. The number of hydrogen-bond donors (Lipinski definition) is 2. The number of rotatable bonds is 4. The quantitative estimate of drug-likeness (QED) is 0.794. The average Bonchev–Trinajstić information content (AvgIpc) is 2.95. The second-order valence-corrected chi connectivity index (χ2v) is 7.14. The lowest BCUT2D eigenvalue weighted by molar-refractivity contribution is 0.143. The number of cyclic esters (lactones) is 1. The first-order valence-corrected chi connectivity index (χ1v) is 9.14. The molecule has 0 aliphatic carbocycles. The van der Waals surface area contributed by atoms with Crippen LogP contribution in [-0.4, -0.2) is 55.0 Å². The molecule has 2 fully saturated rings. The van der Waals surface area contributed by atoms with Crippen molar-refractivity contribution >= 4 is 46.6 Å². The van der Waals surface area contributed by atoms with E-state index in [0.29, 0.717) is 13.1 Å². The van der Waals surface area contributed by atoms with Gasteiger partial charge in [0.05, 0.1) is 13.1 Å². The Bertz CT molecular complexity index is 575. The smallest absolute Gasteiger partial charge is 0.414 e. The Morgan fingerprint density at radius 1 is 1.30 bits per heavy atom. The summed E-state index contributed by atoms with van der Waals surface area (Å²) in [6.07, 6.45) is -0.579. The minimum Gasteiger partial charge on any atom is -0.442 e. The van der Waals surface area contributed by atoms with Crippen LogP contribution < -0.4 is 20.9 Å². The molecule has 2 aliphatic heterocycles. The van der Waals surface area contributed by atoms with E-state index in [-0.39, 0.29) is 17.3 Å². The maximum atomic E-state index is 12.0. The minimum absolute atomic E-state index is 0.212. The molecule has 2 aliphatic rings. The Hall–Kier alpha value is -1.67. The number of nitrogens with zero attached hydrogens (tertiary/aromatic N) is 2. The molecule has 2 saturated heterocycles. The van der Waals surface area contributed by atoms with E-state index in [4.69, 9.17) is 22.7 Å². The third kappa shape index (κ3) is 4.00. The van der Waals surface area contributed by atoms with Crippen LogP contribution in [0.15, 0.2) is 24.3 Å². The number of thiocarbonyl (C=S) groups is 1. The zero-order valence-electron chi connectivity index (χ0n) is 12.7. The second-order valence-electron chi connectivity index (χ2n) is 5.48. The summed E-state index contributed by atoms with van der Waals surface area (Å²) in [5, 5.41) is 3.04. The highest BCUT2D eigenvalue weighted by molar-refractivity contribution is 7.99. The summed E-state index contributed by atoms with van der Waals surface area (Å²) in [7, 11) is 0. The van der Waals surface area contributed by atoms with E-state index in [1.165, 1.54) is 5.69 Å². The lowest BCUT2D eigenvalue weighted by atomic mass is 10.2. The van der Waals surface area contributed by atoms with Crippen LogP contribution in [0.1, 0.15) is 0 Å². The van der Waals surface area contributed by atoms with Gasteiger partial charge in [-0.2, -0.15) is 11.8 Å². The van der Waals surface area contributed by atoms with Gasteiger partial charge in [0.1, 0.15) is 6.10 Å². The van der Waals surface area contributed by atoms with Gasteiger partial charge in [0, 0.05) is 36.0 Å². The predicted octanol–water partition coefficient (Wildman–Crippen LogP) is 1.40. The van der Waals surface area contributed by atoms with Crippen LogP contribution in [0.4, 0.5) is 16.2 Å². The molecule has 0 radical (unpaired) electrons. The number of carbonyl (C=O) groups is 1. The molecule has 23 heavy (non-hydrogen) atoms. The Morgan fingerprint density at radius 2 is 1.96 bits per heavy atom. The first-order valence-electron chi connectivity index (χ1n) is 7.58. The number of anilines is 2. The highest BCUT2D eigenvalue weighted by Gasteiger charge is 2.32. The molecule has 0 saturated carbocycles. The summed E-state index contributed by atoms with van der Waals surface area (Å²) in [4.78, 5) is 16.0. The van der Waals surface area contributed by atoms with Crippen LogP contribution in [0.2, 0.25) is 0 Å². The van der Waals surface area contributed by atoms with E-state index in [2.05, 4.69) is 22.3 Å². The topological polar surface area (TPSA) is 70.8 Å². The molecule has 1 atom stereocenters. The molecular formula is C15H20N4O2S2. The number of carbonyl (C=O) groups excluding carboxylic acids is 1. The molecule has 0 bridgehead atoms. The van der Waals surface area contributed by atoms with Crippen LogP contribution in [0.3, 0.4) is 0 Å². The summed E-state index contributed by atoms with van der Waals surface area (Å²) >= 11 is 6.75. The van der Waals surface area contributed by atoms with Gasteiger partial charge in [0.25, 0.3) is 0 Å². The number of nitrogens with two attached hydrogens (primary N) is 1. The standard InChI is InChI=1S/C15H20N4O2S2/c16-14(22)17-9-13-10-19(15(20)21-13)12-3-1-11(2-4-12)18-5-7-23-8-6-18/h1-4,13H,5-10H2,(H3,16,17,22)/t13-/m0/s1. The van der Waals surface area contributed by atoms with E-state index >= 15 is 0 Å². The molecule has 1 aromatic rings. The molecule has 3 N–H and O–H groups in total. The van der Waals surface area contributed by atoms with Gasteiger partial charge in [0.2, 0.25) is 0 Å². The third-order valence-corrected chi connectivity index (χ3v) is 5.00. The summed E-state index contributed by atoms with van der Waals surface area (Å²) in [5.41, 5.74) is 7.45. The molecule has 8 heteroatoms. The van der Waals surface area contributed by atoms with Crippen molar-refractivity contribution in [3.63, 3.8) is 0 Å². The SMILES string of the molecule is NC(=S)NC[C@H]1CN(c2ccc(N3CCSCC3)cc2)C(=O)O1. The zero-order chi connectivity index (χ0) is 16.2. The predicted molar refractivity (Wildman–Crippen MR) is 98.4 cm³/mol. The fourth-order valence-corrected chi connectivity index (χ4v) is 3.70. The van der Waals surface area contributed by atoms with Crippen molar-refractivity contribution < 1.29 is 9.53 Å². The third-order valence-electron chi connectivity index (χ3n) is 3.92. The Kier molecular flexibility index (Phi) is 5.12. The van der Waals surface area contributed by atoms with Crippen molar-refractivity contribution in [3.8, 4) is 0 Å². The van der Waals surface area contributed by atoms with E-state index in [0.717, 1.165) is 30.3 Å². The molecule has 1 aromatic carbocycles. The van der Waals surface area contributed by atoms with Crippen molar-refractivity contribution in [2.45, 2.75) is 6.10 Å². The number of benzene rings is 1. The maximum absolute atomic E-state index is 12.0. The van der Waals surface area contributed by atoms with Crippen molar-refractivity contribution in [2.24, 2.45) is 5.73 Å². The summed E-state index contributed by atoms with van der Waals surface area (Å²) in [5.74, 6) is 2.33. The highest BCUT2D eigenvalue weighted by atomic mass is 32.2. The van der Waals surface area contributed by atoms with Crippen molar-refractivity contribution in [3.05, 3.63) is 24.3 Å². The molecule has 0 spiro atoms. The normalized spacial score (nSPS) is 21.2. The van der Waals surface area contributed by atoms with Gasteiger partial charge >= 0.3 is 6.09 Å². The van der Waals surface area contributed by atoms with Gasteiger partial charge in [-0.1, -0.05) is 0 Å². The van der Waals surface area contributed by atoms with Crippen LogP contribution in [0, 0.1) is 0 Å². The summed E-state index contributed by atoms with van der Waals surface area (Å²) < 4.78 is 5.32. The molecule has 0 unspecified atom stereocenters. The van der Waals surface area contributed by atoms with Gasteiger partial charge in [-0.15, -0.1) is 0 Å². The van der Waals surface area contributed by atoms with Gasteiger partial charge in [-0.25, -0.2) is 4.79 Å². The van der Waals surface area contributed by atoms with Crippen LogP contribution in [0.5, 0.6) is 0 Å². The van der Waals surface area contributed by atoms with Crippen LogP contribution in [-0.2, 0) is 4.74 Å². The summed E-state index contributed by atoms with van der Waals surface area (Å²) in [6.45, 7) is 3.07. The molecule has 124 valence electrons. The minimum atomic E-state index is -0.332. The molecule has 2 heterocycles. The first kappa shape index (κ1) is 16.2. The van der Waals surface area contributed by atoms with Crippen LogP contribution in [0.25, 0.3) is 0 Å². The maximum Gasteiger partial charge on any atom is 0.414 e. The molecular weight excluding hydrogens is 332 g/mol. The van der Waals surface area contributed by atoms with E-state index < -0.39 is 0 Å². The van der Waals surface area contributed by atoms with Crippen molar-refractivity contribution in [2.75, 3.05) is 47.5 Å². The van der Waals surface area contributed by atoms with E-state index in [1.807, 2.05) is 23.9 Å². The van der Waals surface area contributed by atoms with Crippen LogP contribution >= 0.6 is 24.0 Å². The monoisotopic (exact) mass is 352 g/mol. The number of nitrogens with one attached hydrogen (secondary N) is 1. The zero-order valence-corrected chi connectivity index (χ0v) is 14.4. The highest BCUT2D eigenvalue weighted by Crippen LogP contribution is 2.26. The fraction of sp³-hybridized carbons (Fsp3) is 0.467. The number of thioether (sulfide) groups is 1. The largest absolute Gasteiger partial charge is 0.442 e. The molecule has 6 nitrogen and oxygen atoms in total. The van der Waals surface area contributed by atoms with Crippen molar-refractivity contribution in [1.29, 1.82) is 0 Å². The number of hydrogen-bond acceptors (Lipinski definition) is 5. The van der Waals surface area contributed by atoms with Crippen molar-refractivity contribution in [1.82, 2.24) is 5.32 Å². The van der Waals surface area contributed by atoms with E-state index in [1.54, 1.807) is 4.90 Å². The average molecular weight is 352 g/mol. The van der Waals surface area contributed by atoms with E-state index in [9.17, 15) is 4.79 Å². The Morgan fingerprint density at radius 3 is 2.61 bits per heavy atom. The second kappa shape index (κ2) is 7.27. The fourth-order valence-electron chi connectivity index (χ4n) is 2.72. The molecule has 3 rings (SSSR count). The Balaban J connectivity index is 1.62.